The predicted octanol–water partition coefficient (Wildman–Crippen LogP) is 1.42. The molecule has 0 aliphatic rings. The second kappa shape index (κ2) is 5.88. The van der Waals surface area contributed by atoms with Gasteiger partial charge < -0.3 is 10.4 Å². The zero-order chi connectivity index (χ0) is 13.6. The first-order chi connectivity index (χ1) is 7.73. The van der Waals surface area contributed by atoms with Crippen LogP contribution in [0.4, 0.5) is 13.2 Å². The van der Waals surface area contributed by atoms with E-state index in [1.54, 1.807) is 5.32 Å². The monoisotopic (exact) mass is 249 g/mol. The summed E-state index contributed by atoms with van der Waals surface area (Å²) in [5, 5.41) is 10.0. The van der Waals surface area contributed by atoms with E-state index in [1.807, 2.05) is 0 Å². The maximum absolute atomic E-state index is 12.4. The van der Waals surface area contributed by atoms with Crippen LogP contribution in [0.2, 0.25) is 0 Å². The van der Waals surface area contributed by atoms with Gasteiger partial charge >= 0.3 is 18.1 Å². The smallest absolute Gasteiger partial charge is 0.416 e. The van der Waals surface area contributed by atoms with E-state index in [-0.39, 0.29) is 5.57 Å². The number of rotatable bonds is 4. The van der Waals surface area contributed by atoms with Gasteiger partial charge in [0, 0.05) is 6.54 Å². The van der Waals surface area contributed by atoms with Crippen LogP contribution in [0.1, 0.15) is 0 Å². The predicted molar refractivity (Wildman–Crippen MR) is 54.1 cm³/mol. The van der Waals surface area contributed by atoms with E-state index in [0.29, 0.717) is 6.08 Å². The number of nitrogens with one attached hydrogen (secondary N) is 1. The molecule has 0 heterocycles. The van der Waals surface area contributed by atoms with Crippen LogP contribution in [0.25, 0.3) is 0 Å². The first-order valence-electron chi connectivity index (χ1n) is 4.30. The highest BCUT2D eigenvalue weighted by Crippen LogP contribution is 2.29. The van der Waals surface area contributed by atoms with Crippen molar-refractivity contribution in [2.45, 2.75) is 6.18 Å². The summed E-state index contributed by atoms with van der Waals surface area (Å²) in [7, 11) is 0. The number of alkyl halides is 3. The Labute approximate surface area is 95.1 Å². The van der Waals surface area contributed by atoms with Crippen molar-refractivity contribution in [3.63, 3.8) is 0 Å². The second-order valence-corrected chi connectivity index (χ2v) is 2.83. The number of carboxylic acids is 1. The molecule has 1 amide bonds. The number of amides is 1. The summed E-state index contributed by atoms with van der Waals surface area (Å²) in [6.45, 7) is 5.58. The number of allylic oxidation sites excluding steroid dienone is 2. The summed E-state index contributed by atoms with van der Waals surface area (Å²) >= 11 is 0. The number of carboxylic acid groups (broad SMARTS) is 1. The summed E-state index contributed by atoms with van der Waals surface area (Å²) in [4.78, 5) is 20.8. The fourth-order valence-corrected chi connectivity index (χ4v) is 0.957. The maximum atomic E-state index is 12.4. The van der Waals surface area contributed by atoms with Crippen molar-refractivity contribution in [2.75, 3.05) is 6.54 Å². The van der Waals surface area contributed by atoms with Crippen LogP contribution in [0.3, 0.4) is 0 Å². The Morgan fingerprint density at radius 1 is 1.24 bits per heavy atom. The molecule has 0 radical (unpaired) electrons. The number of carbonyl (C=O) groups is 2. The third kappa shape index (κ3) is 4.54. The molecule has 0 spiro atoms. The molecule has 2 N–H and O–H groups in total. The summed E-state index contributed by atoms with van der Waals surface area (Å²) < 4.78 is 37.3. The zero-order valence-corrected chi connectivity index (χ0v) is 8.67. The van der Waals surface area contributed by atoms with Gasteiger partial charge in [0.05, 0.1) is 5.57 Å². The minimum Gasteiger partial charge on any atom is -0.474 e. The average Bonchev–Trinajstić information content (AvgIpc) is 2.21. The number of hydrogen-bond acceptors (Lipinski definition) is 2. The normalized spacial score (nSPS) is 12.4. The molecule has 94 valence electrons. The largest absolute Gasteiger partial charge is 0.474 e. The molecule has 4 nitrogen and oxygen atoms in total. The standard InChI is InChI=1S/C10H10F3NO3/c1-3-6(5-14-8(15)9(16)17)7(4-2)10(11,12)13/h3-4H,1-2,5H2,(H,14,15)(H,16,17)/b7-6-. The van der Waals surface area contributed by atoms with Crippen LogP contribution >= 0.6 is 0 Å². The van der Waals surface area contributed by atoms with Gasteiger partial charge in [-0.1, -0.05) is 25.3 Å². The van der Waals surface area contributed by atoms with Gasteiger partial charge in [-0.25, -0.2) is 4.79 Å². The van der Waals surface area contributed by atoms with Crippen molar-refractivity contribution < 1.29 is 27.9 Å². The maximum Gasteiger partial charge on any atom is 0.416 e. The van der Waals surface area contributed by atoms with Crippen LogP contribution in [-0.4, -0.2) is 29.7 Å². The molecular weight excluding hydrogens is 239 g/mol. The van der Waals surface area contributed by atoms with Gasteiger partial charge in [-0.2, -0.15) is 13.2 Å². The number of carbonyl (C=O) groups excluding carboxylic acids is 1. The topological polar surface area (TPSA) is 66.4 Å². The van der Waals surface area contributed by atoms with E-state index >= 15 is 0 Å². The van der Waals surface area contributed by atoms with Crippen LogP contribution in [0.5, 0.6) is 0 Å². The minimum absolute atomic E-state index is 0.359. The molecule has 0 aromatic heterocycles. The number of hydrogen-bond donors (Lipinski definition) is 2. The molecule has 0 aromatic rings. The van der Waals surface area contributed by atoms with Crippen LogP contribution in [0, 0.1) is 0 Å². The van der Waals surface area contributed by atoms with Crippen LogP contribution in [-0.2, 0) is 9.59 Å². The van der Waals surface area contributed by atoms with Crippen molar-refractivity contribution in [3.8, 4) is 0 Å². The summed E-state index contributed by atoms with van der Waals surface area (Å²) in [5.41, 5.74) is -1.43. The number of aliphatic carboxylic acids is 1. The van der Waals surface area contributed by atoms with E-state index in [1.165, 1.54) is 0 Å². The quantitative estimate of drug-likeness (QED) is 0.585. The number of halogens is 3. The van der Waals surface area contributed by atoms with Gasteiger partial charge in [0.15, 0.2) is 0 Å². The summed E-state index contributed by atoms with van der Waals surface area (Å²) in [6, 6.07) is 0. The molecule has 0 rings (SSSR count). The molecule has 0 aromatic carbocycles. The van der Waals surface area contributed by atoms with Gasteiger partial charge in [-0.3, -0.25) is 4.79 Å². The van der Waals surface area contributed by atoms with Gasteiger partial charge in [0.2, 0.25) is 0 Å². The van der Waals surface area contributed by atoms with Gasteiger partial charge in [0.1, 0.15) is 0 Å². The van der Waals surface area contributed by atoms with Crippen molar-refractivity contribution in [1.82, 2.24) is 5.32 Å². The fraction of sp³-hybridized carbons (Fsp3) is 0.200. The molecule has 0 saturated heterocycles. The Morgan fingerprint density at radius 2 is 1.76 bits per heavy atom. The SMILES string of the molecule is C=C/C(CNC(=O)C(=O)O)=C(\C=C)C(F)(F)F. The summed E-state index contributed by atoms with van der Waals surface area (Å²) in [6.07, 6.45) is -3.18. The summed E-state index contributed by atoms with van der Waals surface area (Å²) in [5.74, 6) is -3.17. The third-order valence-corrected chi connectivity index (χ3v) is 1.74. The highest BCUT2D eigenvalue weighted by atomic mass is 19.4. The molecule has 0 saturated carbocycles. The highest BCUT2D eigenvalue weighted by Gasteiger charge is 2.33. The Bertz CT molecular complexity index is 383. The second-order valence-electron chi connectivity index (χ2n) is 2.83. The van der Waals surface area contributed by atoms with Crippen molar-refractivity contribution >= 4 is 11.9 Å². The molecule has 17 heavy (non-hydrogen) atoms. The Morgan fingerprint density at radius 3 is 2.06 bits per heavy atom. The van der Waals surface area contributed by atoms with Gasteiger partial charge in [-0.15, -0.1) is 0 Å². The van der Waals surface area contributed by atoms with Crippen molar-refractivity contribution in [1.29, 1.82) is 0 Å². The average molecular weight is 249 g/mol. The van der Waals surface area contributed by atoms with Gasteiger partial charge in [-0.05, 0) is 5.57 Å². The van der Waals surface area contributed by atoms with E-state index in [9.17, 15) is 22.8 Å². The lowest BCUT2D eigenvalue weighted by Crippen LogP contribution is -2.32. The van der Waals surface area contributed by atoms with E-state index < -0.39 is 30.2 Å². The van der Waals surface area contributed by atoms with Crippen LogP contribution in [0.15, 0.2) is 36.5 Å². The first kappa shape index (κ1) is 14.9. The lowest BCUT2D eigenvalue weighted by atomic mass is 10.1. The molecule has 0 fully saturated rings. The Hall–Kier alpha value is -2.05. The van der Waals surface area contributed by atoms with E-state index in [2.05, 4.69) is 13.2 Å². The molecule has 0 aliphatic carbocycles. The molecule has 7 heteroatoms. The van der Waals surface area contributed by atoms with E-state index in [0.717, 1.165) is 6.08 Å². The minimum atomic E-state index is -4.64. The molecule has 0 unspecified atom stereocenters. The Balaban J connectivity index is 5.00. The third-order valence-electron chi connectivity index (χ3n) is 1.74. The van der Waals surface area contributed by atoms with Crippen molar-refractivity contribution in [2.24, 2.45) is 0 Å². The zero-order valence-electron chi connectivity index (χ0n) is 8.67. The first-order valence-corrected chi connectivity index (χ1v) is 4.30. The molecular formula is C10H10F3NO3. The van der Waals surface area contributed by atoms with E-state index in [4.69, 9.17) is 5.11 Å². The van der Waals surface area contributed by atoms with Crippen LogP contribution < -0.4 is 5.32 Å². The van der Waals surface area contributed by atoms with Crippen molar-refractivity contribution in [3.05, 3.63) is 36.5 Å². The molecule has 0 atom stereocenters. The lowest BCUT2D eigenvalue weighted by molar-refractivity contribution is -0.150. The lowest BCUT2D eigenvalue weighted by Gasteiger charge is -2.12. The fourth-order valence-electron chi connectivity index (χ4n) is 0.957. The molecule has 0 aliphatic heterocycles. The molecule has 0 bridgehead atoms. The Kier molecular flexibility index (Phi) is 5.17. The highest BCUT2D eigenvalue weighted by molar-refractivity contribution is 6.31. The van der Waals surface area contributed by atoms with Gasteiger partial charge in [0.25, 0.3) is 0 Å².